The zero-order chi connectivity index (χ0) is 9.56. The highest BCUT2D eigenvalue weighted by Gasteiger charge is 2.13. The highest BCUT2D eigenvalue weighted by Crippen LogP contribution is 1.70. The highest BCUT2D eigenvalue weighted by atomic mass is 17.1. The van der Waals surface area contributed by atoms with Crippen molar-refractivity contribution in [3.8, 4) is 0 Å². The molecule has 0 bridgehead atoms. The normalized spacial score (nSPS) is 8.00. The maximum atomic E-state index is 10.3. The average Bonchev–Trinajstić information content (AvgIpc) is 1.96. The molecule has 0 aromatic rings. The smallest absolute Gasteiger partial charge is 0.368 e. The van der Waals surface area contributed by atoms with E-state index in [1.165, 1.54) is 0 Å². The molecule has 68 valence electrons. The van der Waals surface area contributed by atoms with E-state index in [4.69, 9.17) is 22.3 Å². The van der Waals surface area contributed by atoms with Crippen molar-refractivity contribution in [1.29, 1.82) is 10.8 Å². The maximum Gasteiger partial charge on any atom is 0.531 e. The number of hydrogen-bond donors (Lipinski definition) is 6. The van der Waals surface area contributed by atoms with Crippen molar-refractivity contribution in [1.82, 2.24) is 11.0 Å². The Bertz CT molecular complexity index is 181. The standard InChI is InChI=1S/C2H8N7O3/c3-1(4)7-11-9(10)12-8-2(5)6/h(H4,3,4,7)(H4,5,6,8)/q+1. The molecule has 0 aliphatic rings. The molecular weight excluding hydrogens is 170 g/mol. The van der Waals surface area contributed by atoms with E-state index in [1.807, 2.05) is 0 Å². The van der Waals surface area contributed by atoms with Gasteiger partial charge in [0.05, 0.1) is 0 Å². The zero-order valence-electron chi connectivity index (χ0n) is 5.83. The summed E-state index contributed by atoms with van der Waals surface area (Å²) in [5, 5.41) is 12.6. The first kappa shape index (κ1) is 9.74. The van der Waals surface area contributed by atoms with Gasteiger partial charge in [0.2, 0.25) is 11.9 Å². The van der Waals surface area contributed by atoms with Crippen LogP contribution < -0.4 is 22.4 Å². The fraction of sp³-hybridized carbons (Fsp3) is 0. The van der Waals surface area contributed by atoms with Crippen LogP contribution in [-0.4, -0.2) is 17.0 Å². The van der Waals surface area contributed by atoms with E-state index in [0.29, 0.717) is 0 Å². The maximum absolute atomic E-state index is 10.3. The van der Waals surface area contributed by atoms with Gasteiger partial charge in [0, 0.05) is 0 Å². The van der Waals surface area contributed by atoms with Crippen molar-refractivity contribution in [3.05, 3.63) is 4.91 Å². The predicted molar refractivity (Wildman–Crippen MR) is 35.9 cm³/mol. The highest BCUT2D eigenvalue weighted by molar-refractivity contribution is 5.73. The van der Waals surface area contributed by atoms with Crippen molar-refractivity contribution in [3.63, 3.8) is 0 Å². The van der Waals surface area contributed by atoms with Crippen LogP contribution in [0.1, 0.15) is 0 Å². The summed E-state index contributed by atoms with van der Waals surface area (Å²) < 4.78 is 0. The Labute approximate surface area is 66.2 Å². The number of rotatable bonds is 4. The quantitative estimate of drug-likeness (QED) is 0.156. The second-order valence-corrected chi connectivity index (χ2v) is 1.44. The molecule has 0 aliphatic carbocycles. The Hall–Kier alpha value is -2.26. The van der Waals surface area contributed by atoms with E-state index in [0.717, 1.165) is 0 Å². The molecule has 0 aromatic heterocycles. The molecule has 0 saturated carbocycles. The minimum absolute atomic E-state index is 0.469. The number of nitrogens with one attached hydrogen (secondary N) is 4. The van der Waals surface area contributed by atoms with Crippen molar-refractivity contribution >= 4 is 11.9 Å². The Morgan fingerprint density at radius 2 is 1.50 bits per heavy atom. The third-order valence-corrected chi connectivity index (χ3v) is 0.460. The molecule has 8 N–H and O–H groups in total. The fourth-order valence-corrected chi connectivity index (χ4v) is 0.192. The lowest BCUT2D eigenvalue weighted by atomic mass is 11.1. The monoisotopic (exact) mass is 178 g/mol. The third kappa shape index (κ3) is 5.87. The van der Waals surface area contributed by atoms with Gasteiger partial charge < -0.3 is 11.5 Å². The van der Waals surface area contributed by atoms with Crippen LogP contribution in [0.3, 0.4) is 0 Å². The fourth-order valence-electron chi connectivity index (χ4n) is 0.192. The molecule has 0 unspecified atom stereocenters. The number of hydroxylamine groups is 2. The van der Waals surface area contributed by atoms with E-state index < -0.39 is 17.0 Å². The summed E-state index contributed by atoms with van der Waals surface area (Å²) in [7, 11) is 0. The summed E-state index contributed by atoms with van der Waals surface area (Å²) in [5.74, 6) is -1.16. The molecule has 0 radical (unpaired) electrons. The molecule has 0 spiro atoms. The molecule has 0 aromatic carbocycles. The lowest BCUT2D eigenvalue weighted by Crippen LogP contribution is -2.38. The van der Waals surface area contributed by atoms with Crippen molar-refractivity contribution in [2.24, 2.45) is 11.5 Å². The number of nitrogens with zero attached hydrogens (tertiary/aromatic N) is 1. The summed E-state index contributed by atoms with van der Waals surface area (Å²) in [4.78, 5) is 18.1. The number of guanidine groups is 2. The zero-order valence-corrected chi connectivity index (χ0v) is 5.83. The van der Waals surface area contributed by atoms with Gasteiger partial charge in [-0.25, -0.2) is 0 Å². The van der Waals surface area contributed by atoms with Crippen LogP contribution >= 0.6 is 0 Å². The van der Waals surface area contributed by atoms with E-state index >= 15 is 0 Å². The van der Waals surface area contributed by atoms with E-state index in [-0.39, 0.29) is 0 Å². The second-order valence-electron chi connectivity index (χ2n) is 1.44. The van der Waals surface area contributed by atoms with Crippen molar-refractivity contribution < 1.29 is 15.0 Å². The molecule has 0 aliphatic heterocycles. The first-order valence-electron chi connectivity index (χ1n) is 2.53. The molecule has 0 atom stereocenters. The van der Waals surface area contributed by atoms with E-state index in [1.54, 1.807) is 11.0 Å². The van der Waals surface area contributed by atoms with E-state index in [2.05, 4.69) is 9.88 Å². The molecule has 10 nitrogen and oxygen atoms in total. The third-order valence-electron chi connectivity index (χ3n) is 0.460. The van der Waals surface area contributed by atoms with Gasteiger partial charge in [0.15, 0.2) is 0 Å². The molecular formula is C2H8N7O3+. The van der Waals surface area contributed by atoms with Gasteiger partial charge in [-0.05, 0) is 9.88 Å². The molecule has 0 fully saturated rings. The molecule has 0 rings (SSSR count). The van der Waals surface area contributed by atoms with Crippen LogP contribution in [-0.2, 0) is 9.88 Å². The topological polar surface area (TPSA) is 162 Å². The summed E-state index contributed by atoms with van der Waals surface area (Å²) in [5.41, 5.74) is 12.8. The van der Waals surface area contributed by atoms with Gasteiger partial charge in [-0.3, -0.25) is 10.8 Å². The van der Waals surface area contributed by atoms with Crippen LogP contribution in [0.5, 0.6) is 0 Å². The van der Waals surface area contributed by atoms with Crippen LogP contribution in [0, 0.1) is 15.7 Å². The largest absolute Gasteiger partial charge is 0.531 e. The first-order valence-corrected chi connectivity index (χ1v) is 2.53. The molecule has 0 saturated heterocycles. The molecule has 0 amide bonds. The Morgan fingerprint density at radius 3 is 1.75 bits per heavy atom. The molecule has 12 heavy (non-hydrogen) atoms. The lowest BCUT2D eigenvalue weighted by Gasteiger charge is -1.93. The predicted octanol–water partition coefficient (Wildman–Crippen LogP) is -2.58. The van der Waals surface area contributed by atoms with Gasteiger partial charge in [0.1, 0.15) is 4.91 Å². The Kier molecular flexibility index (Phi) is 3.68. The van der Waals surface area contributed by atoms with Gasteiger partial charge in [-0.1, -0.05) is 0 Å². The average molecular weight is 178 g/mol. The van der Waals surface area contributed by atoms with Crippen molar-refractivity contribution in [2.75, 3.05) is 0 Å². The minimum atomic E-state index is -0.581. The lowest BCUT2D eigenvalue weighted by molar-refractivity contribution is -0.997. The summed E-state index contributed by atoms with van der Waals surface area (Å²) >= 11 is 0. The Morgan fingerprint density at radius 1 is 1.17 bits per heavy atom. The van der Waals surface area contributed by atoms with E-state index in [9.17, 15) is 4.91 Å². The van der Waals surface area contributed by atoms with Crippen LogP contribution in [0.4, 0.5) is 0 Å². The van der Waals surface area contributed by atoms with Crippen LogP contribution in [0.15, 0.2) is 0 Å². The van der Waals surface area contributed by atoms with Crippen LogP contribution in [0.2, 0.25) is 0 Å². The Balaban J connectivity index is 3.47. The molecule has 0 heterocycles. The summed E-state index contributed by atoms with van der Waals surface area (Å²) in [6.45, 7) is 0. The van der Waals surface area contributed by atoms with Gasteiger partial charge in [-0.15, -0.1) is 11.0 Å². The summed E-state index contributed by atoms with van der Waals surface area (Å²) in [6.07, 6.45) is 0. The number of nitrogens with two attached hydrogens (primary N) is 2. The first-order chi connectivity index (χ1) is 5.52. The van der Waals surface area contributed by atoms with Gasteiger partial charge >= 0.3 is 5.09 Å². The van der Waals surface area contributed by atoms with Crippen LogP contribution in [0.25, 0.3) is 0 Å². The summed E-state index contributed by atoms with van der Waals surface area (Å²) in [6, 6.07) is 0. The minimum Gasteiger partial charge on any atom is -0.368 e. The van der Waals surface area contributed by atoms with Gasteiger partial charge in [0.25, 0.3) is 0 Å². The second kappa shape index (κ2) is 4.54. The SMILES string of the molecule is N=C(N)NO[N+](=O)ONC(=N)N. The van der Waals surface area contributed by atoms with Crippen molar-refractivity contribution in [2.45, 2.75) is 0 Å². The number of hydrogen-bond acceptors (Lipinski definition) is 5. The van der Waals surface area contributed by atoms with Gasteiger partial charge in [-0.2, -0.15) is 0 Å². The molecule has 10 heteroatoms.